The van der Waals surface area contributed by atoms with Crippen LogP contribution in [0.4, 0.5) is 5.69 Å². The summed E-state index contributed by atoms with van der Waals surface area (Å²) in [5.74, 6) is 0.835. The molecule has 0 aliphatic carbocycles. The number of hydrogen-bond donors (Lipinski definition) is 2. The van der Waals surface area contributed by atoms with Crippen molar-refractivity contribution in [2.75, 3.05) is 18.4 Å². The molecule has 0 bridgehead atoms. The van der Waals surface area contributed by atoms with E-state index >= 15 is 0 Å². The van der Waals surface area contributed by atoms with Gasteiger partial charge < -0.3 is 10.4 Å². The van der Waals surface area contributed by atoms with E-state index in [1.54, 1.807) is 12.1 Å². The van der Waals surface area contributed by atoms with Crippen LogP contribution in [0.25, 0.3) is 10.9 Å². The van der Waals surface area contributed by atoms with E-state index in [0.29, 0.717) is 17.4 Å². The molecule has 0 unspecified atom stereocenters. The molecular weight excluding hydrogens is 358 g/mol. The van der Waals surface area contributed by atoms with Crippen molar-refractivity contribution in [3.8, 4) is 5.75 Å². The topological polar surface area (TPSA) is 48.4 Å². The average Bonchev–Trinajstić information content (AvgIpc) is 3.01. The van der Waals surface area contributed by atoms with Gasteiger partial charge in [-0.15, -0.1) is 0 Å². The molecule has 1 saturated heterocycles. The van der Waals surface area contributed by atoms with Gasteiger partial charge in [0.05, 0.1) is 5.52 Å². The predicted molar refractivity (Wildman–Crippen MR) is 120 cm³/mol. The summed E-state index contributed by atoms with van der Waals surface area (Å²) in [4.78, 5) is 6.98. The molecule has 0 saturated carbocycles. The van der Waals surface area contributed by atoms with Crippen molar-refractivity contribution in [2.45, 2.75) is 39.8 Å². The Kier molecular flexibility index (Phi) is 5.46. The lowest BCUT2D eigenvalue weighted by molar-refractivity contribution is 0.267. The normalized spacial score (nSPS) is 20.2. The number of likely N-dealkylation sites (tertiary alicyclic amines) is 1. The van der Waals surface area contributed by atoms with Crippen molar-refractivity contribution in [1.29, 1.82) is 0 Å². The van der Waals surface area contributed by atoms with Crippen molar-refractivity contribution in [3.63, 3.8) is 0 Å². The first-order valence-electron chi connectivity index (χ1n) is 10.5. The van der Waals surface area contributed by atoms with Crippen molar-refractivity contribution < 1.29 is 5.11 Å². The lowest BCUT2D eigenvalue weighted by atomic mass is 9.82. The minimum Gasteiger partial charge on any atom is -0.508 e. The summed E-state index contributed by atoms with van der Waals surface area (Å²) in [7, 11) is 0. The van der Waals surface area contributed by atoms with E-state index < -0.39 is 0 Å². The van der Waals surface area contributed by atoms with E-state index in [0.717, 1.165) is 36.2 Å². The third-order valence-electron chi connectivity index (χ3n) is 5.71. The van der Waals surface area contributed by atoms with Crippen LogP contribution >= 0.6 is 0 Å². The molecule has 1 aromatic heterocycles. The molecule has 4 heteroatoms. The lowest BCUT2D eigenvalue weighted by Crippen LogP contribution is -2.31. The van der Waals surface area contributed by atoms with Crippen molar-refractivity contribution in [2.24, 2.45) is 11.3 Å². The van der Waals surface area contributed by atoms with Crippen LogP contribution in [-0.4, -0.2) is 34.1 Å². The minimum absolute atomic E-state index is 0.252. The number of anilines is 1. The van der Waals surface area contributed by atoms with E-state index in [1.165, 1.54) is 12.0 Å². The zero-order valence-corrected chi connectivity index (χ0v) is 17.6. The van der Waals surface area contributed by atoms with Gasteiger partial charge in [-0.2, -0.15) is 0 Å². The Hall–Kier alpha value is -2.59. The van der Waals surface area contributed by atoms with Crippen LogP contribution < -0.4 is 5.32 Å². The van der Waals surface area contributed by atoms with Crippen LogP contribution in [0.3, 0.4) is 0 Å². The van der Waals surface area contributed by atoms with Crippen LogP contribution in [-0.2, 0) is 6.54 Å². The third kappa shape index (κ3) is 4.88. The number of hydrogen-bond acceptors (Lipinski definition) is 4. The number of phenols is 1. The molecule has 2 N–H and O–H groups in total. The van der Waals surface area contributed by atoms with Crippen LogP contribution in [0.2, 0.25) is 0 Å². The Bertz CT molecular complexity index is 965. The maximum atomic E-state index is 9.78. The summed E-state index contributed by atoms with van der Waals surface area (Å²) >= 11 is 0. The Morgan fingerprint density at radius 2 is 1.86 bits per heavy atom. The summed E-state index contributed by atoms with van der Waals surface area (Å²) in [6.07, 6.45) is 3.00. The van der Waals surface area contributed by atoms with Crippen LogP contribution in [0.5, 0.6) is 5.75 Å². The zero-order chi connectivity index (χ0) is 20.4. The second-order valence-corrected chi connectivity index (χ2v) is 9.52. The molecule has 1 aliphatic rings. The highest BCUT2D eigenvalue weighted by Crippen LogP contribution is 2.34. The second-order valence-electron chi connectivity index (χ2n) is 9.52. The molecule has 0 spiro atoms. The number of phenolic OH excluding ortho intramolecular Hbond substituents is 1. The Morgan fingerprint density at radius 1 is 1.07 bits per heavy atom. The van der Waals surface area contributed by atoms with Gasteiger partial charge in [0.15, 0.2) is 0 Å². The number of rotatable bonds is 5. The summed E-state index contributed by atoms with van der Waals surface area (Å²) in [6.45, 7) is 10.1. The number of pyridine rings is 1. The standard InChI is InChI=1S/C25H31N3O/c1-25(2,3)14-19-16-28(15-18-7-5-4-6-8-18)17-24(19)27-22-11-12-26-23-13-20(29)9-10-21(22)23/h4-13,19,24,29H,14-17H2,1-3H3,(H,26,27)/t19-,24-/m1/s1. The van der Waals surface area contributed by atoms with Gasteiger partial charge in [0.1, 0.15) is 5.75 Å². The Labute approximate surface area is 173 Å². The summed E-state index contributed by atoms with van der Waals surface area (Å²) < 4.78 is 0. The third-order valence-corrected chi connectivity index (χ3v) is 5.71. The van der Waals surface area contributed by atoms with Crippen molar-refractivity contribution in [3.05, 3.63) is 66.4 Å². The van der Waals surface area contributed by atoms with Crippen molar-refractivity contribution >= 4 is 16.6 Å². The Morgan fingerprint density at radius 3 is 2.62 bits per heavy atom. The van der Waals surface area contributed by atoms with Gasteiger partial charge in [-0.25, -0.2) is 0 Å². The molecular formula is C25H31N3O. The SMILES string of the molecule is CC(C)(C)C[C@@H]1CN(Cc2ccccc2)C[C@H]1Nc1ccnc2cc(O)ccc12. The summed E-state index contributed by atoms with van der Waals surface area (Å²) in [6, 6.07) is 18.6. The Balaban J connectivity index is 1.56. The summed E-state index contributed by atoms with van der Waals surface area (Å²) in [5, 5.41) is 14.7. The molecule has 2 atom stereocenters. The van der Waals surface area contributed by atoms with Crippen LogP contribution in [0, 0.1) is 11.3 Å². The van der Waals surface area contributed by atoms with Gasteiger partial charge in [0, 0.05) is 49.0 Å². The van der Waals surface area contributed by atoms with Crippen LogP contribution in [0.1, 0.15) is 32.8 Å². The average molecular weight is 390 g/mol. The first kappa shape index (κ1) is 19.7. The highest BCUT2D eigenvalue weighted by atomic mass is 16.3. The molecule has 0 radical (unpaired) electrons. The monoisotopic (exact) mass is 389 g/mol. The summed E-state index contributed by atoms with van der Waals surface area (Å²) in [5.41, 5.74) is 3.58. The van der Waals surface area contributed by atoms with E-state index in [1.807, 2.05) is 18.3 Å². The largest absolute Gasteiger partial charge is 0.508 e. The molecule has 0 amide bonds. The smallest absolute Gasteiger partial charge is 0.117 e. The van der Waals surface area contributed by atoms with Gasteiger partial charge in [-0.1, -0.05) is 51.1 Å². The van der Waals surface area contributed by atoms with Gasteiger partial charge in [0.25, 0.3) is 0 Å². The first-order chi connectivity index (χ1) is 13.9. The maximum absolute atomic E-state index is 9.78. The number of aromatic hydroxyl groups is 1. The number of nitrogens with zero attached hydrogens (tertiary/aromatic N) is 2. The molecule has 4 nitrogen and oxygen atoms in total. The molecule has 1 fully saturated rings. The first-order valence-corrected chi connectivity index (χ1v) is 10.5. The number of nitrogens with one attached hydrogen (secondary N) is 1. The highest BCUT2D eigenvalue weighted by molar-refractivity contribution is 5.91. The molecule has 4 rings (SSSR count). The fraction of sp³-hybridized carbons (Fsp3) is 0.400. The van der Waals surface area contributed by atoms with E-state index in [-0.39, 0.29) is 5.75 Å². The van der Waals surface area contributed by atoms with Crippen molar-refractivity contribution in [1.82, 2.24) is 9.88 Å². The molecule has 2 aromatic carbocycles. The van der Waals surface area contributed by atoms with Gasteiger partial charge in [-0.05, 0) is 41.5 Å². The number of aromatic nitrogens is 1. The molecule has 3 aromatic rings. The van der Waals surface area contributed by atoms with Crippen LogP contribution in [0.15, 0.2) is 60.8 Å². The predicted octanol–water partition coefficient (Wildman–Crippen LogP) is 5.29. The zero-order valence-electron chi connectivity index (χ0n) is 17.6. The highest BCUT2D eigenvalue weighted by Gasteiger charge is 2.35. The maximum Gasteiger partial charge on any atom is 0.117 e. The fourth-order valence-electron chi connectivity index (χ4n) is 4.55. The number of fused-ring (bicyclic) bond motifs is 1. The molecule has 152 valence electrons. The lowest BCUT2D eigenvalue weighted by Gasteiger charge is -2.28. The van der Waals surface area contributed by atoms with Gasteiger partial charge in [0.2, 0.25) is 0 Å². The van der Waals surface area contributed by atoms with E-state index in [9.17, 15) is 5.11 Å². The fourth-order valence-corrected chi connectivity index (χ4v) is 4.55. The molecule has 29 heavy (non-hydrogen) atoms. The van der Waals surface area contributed by atoms with Gasteiger partial charge in [-0.3, -0.25) is 9.88 Å². The second kappa shape index (κ2) is 8.03. The van der Waals surface area contributed by atoms with Gasteiger partial charge >= 0.3 is 0 Å². The molecule has 2 heterocycles. The minimum atomic E-state index is 0.252. The van der Waals surface area contributed by atoms with E-state index in [2.05, 4.69) is 66.3 Å². The quantitative estimate of drug-likeness (QED) is 0.622. The number of benzene rings is 2. The molecule has 1 aliphatic heterocycles. The van der Waals surface area contributed by atoms with E-state index in [4.69, 9.17) is 0 Å².